The fourth-order valence-corrected chi connectivity index (χ4v) is 2.50. The van der Waals surface area contributed by atoms with Gasteiger partial charge in [0.2, 0.25) is 0 Å². The van der Waals surface area contributed by atoms with E-state index in [0.29, 0.717) is 11.4 Å². The Morgan fingerprint density at radius 3 is 2.46 bits per heavy atom. The number of aryl methyl sites for hydroxylation is 2. The number of benzene rings is 2. The van der Waals surface area contributed by atoms with Crippen LogP contribution in [0.4, 0.5) is 5.82 Å². The zero-order valence-corrected chi connectivity index (χ0v) is 13.7. The standard InChI is InChI=1S/C20H19N3O/c1-14-8-10-16(11-9-14)18(24)12-13-21-20-19(15(2)22-23-20)17-6-4-3-5-7-17/h3-13H,1-2H3,(H2,21,22,23)/b13-12-. The van der Waals surface area contributed by atoms with Gasteiger partial charge in [-0.1, -0.05) is 60.2 Å². The first-order chi connectivity index (χ1) is 11.6. The summed E-state index contributed by atoms with van der Waals surface area (Å²) in [5.41, 5.74) is 4.85. The SMILES string of the molecule is Cc1ccc(C(=O)/C=C\Nc2n[nH]c(C)c2-c2ccccc2)cc1. The number of aromatic nitrogens is 2. The minimum absolute atomic E-state index is 0.0454. The van der Waals surface area contributed by atoms with Crippen LogP contribution in [-0.4, -0.2) is 16.0 Å². The highest BCUT2D eigenvalue weighted by molar-refractivity contribution is 6.04. The van der Waals surface area contributed by atoms with Crippen molar-refractivity contribution in [2.24, 2.45) is 0 Å². The molecule has 0 atom stereocenters. The predicted molar refractivity (Wildman–Crippen MR) is 97.0 cm³/mol. The van der Waals surface area contributed by atoms with Crippen LogP contribution >= 0.6 is 0 Å². The van der Waals surface area contributed by atoms with Crippen molar-refractivity contribution in [2.45, 2.75) is 13.8 Å². The predicted octanol–water partition coefficient (Wildman–Crippen LogP) is 4.50. The molecule has 0 aliphatic heterocycles. The molecule has 4 heteroatoms. The fraction of sp³-hybridized carbons (Fsp3) is 0.100. The minimum atomic E-state index is -0.0454. The van der Waals surface area contributed by atoms with E-state index in [0.717, 1.165) is 22.4 Å². The second-order valence-electron chi connectivity index (χ2n) is 5.65. The summed E-state index contributed by atoms with van der Waals surface area (Å²) in [4.78, 5) is 12.2. The quantitative estimate of drug-likeness (QED) is 0.538. The van der Waals surface area contributed by atoms with Gasteiger partial charge in [-0.05, 0) is 19.4 Å². The second kappa shape index (κ2) is 6.96. The van der Waals surface area contributed by atoms with Crippen molar-refractivity contribution in [1.29, 1.82) is 0 Å². The van der Waals surface area contributed by atoms with Crippen LogP contribution in [0.5, 0.6) is 0 Å². The first-order valence-electron chi connectivity index (χ1n) is 7.79. The lowest BCUT2D eigenvalue weighted by atomic mass is 10.1. The van der Waals surface area contributed by atoms with Crippen molar-refractivity contribution in [3.05, 3.63) is 83.7 Å². The van der Waals surface area contributed by atoms with Gasteiger partial charge in [-0.25, -0.2) is 0 Å². The number of rotatable bonds is 5. The number of hydrogen-bond donors (Lipinski definition) is 2. The molecule has 1 aromatic heterocycles. The Morgan fingerprint density at radius 1 is 1.04 bits per heavy atom. The third kappa shape index (κ3) is 3.43. The van der Waals surface area contributed by atoms with Gasteiger partial charge >= 0.3 is 0 Å². The Morgan fingerprint density at radius 2 is 1.75 bits per heavy atom. The molecular formula is C20H19N3O. The number of allylic oxidation sites excluding steroid dienone is 1. The molecule has 0 aliphatic rings. The van der Waals surface area contributed by atoms with E-state index >= 15 is 0 Å². The van der Waals surface area contributed by atoms with E-state index in [1.807, 2.05) is 68.4 Å². The Kier molecular flexibility index (Phi) is 4.57. The Bertz CT molecular complexity index is 862. The summed E-state index contributed by atoms with van der Waals surface area (Å²) in [6, 6.07) is 17.5. The number of anilines is 1. The van der Waals surface area contributed by atoms with E-state index in [4.69, 9.17) is 0 Å². The van der Waals surface area contributed by atoms with Gasteiger partial charge in [-0.15, -0.1) is 0 Å². The number of nitrogens with zero attached hydrogens (tertiary/aromatic N) is 1. The van der Waals surface area contributed by atoms with Crippen LogP contribution in [0.15, 0.2) is 66.9 Å². The van der Waals surface area contributed by atoms with Crippen molar-refractivity contribution >= 4 is 11.6 Å². The molecule has 0 amide bonds. The summed E-state index contributed by atoms with van der Waals surface area (Å²) in [6.45, 7) is 3.97. The minimum Gasteiger partial charge on any atom is -0.345 e. The third-order valence-corrected chi connectivity index (χ3v) is 3.80. The molecule has 3 rings (SSSR count). The van der Waals surface area contributed by atoms with E-state index in [2.05, 4.69) is 15.5 Å². The van der Waals surface area contributed by atoms with E-state index in [-0.39, 0.29) is 5.78 Å². The van der Waals surface area contributed by atoms with Crippen LogP contribution in [0.3, 0.4) is 0 Å². The van der Waals surface area contributed by atoms with E-state index in [1.54, 1.807) is 6.20 Å². The van der Waals surface area contributed by atoms with E-state index < -0.39 is 0 Å². The average molecular weight is 317 g/mol. The van der Waals surface area contributed by atoms with Crippen LogP contribution < -0.4 is 5.32 Å². The van der Waals surface area contributed by atoms with Crippen LogP contribution in [-0.2, 0) is 0 Å². The molecule has 0 spiro atoms. The number of carbonyl (C=O) groups is 1. The van der Waals surface area contributed by atoms with Gasteiger partial charge in [0, 0.05) is 29.1 Å². The lowest BCUT2D eigenvalue weighted by Gasteiger charge is -2.03. The zero-order chi connectivity index (χ0) is 16.9. The number of hydrogen-bond acceptors (Lipinski definition) is 3. The Hall–Kier alpha value is -3.14. The number of ketones is 1. The maximum Gasteiger partial charge on any atom is 0.187 e. The molecule has 0 radical (unpaired) electrons. The smallest absolute Gasteiger partial charge is 0.187 e. The van der Waals surface area contributed by atoms with Gasteiger partial charge in [0.1, 0.15) is 0 Å². The van der Waals surface area contributed by atoms with Crippen LogP contribution in [0.2, 0.25) is 0 Å². The molecule has 0 bridgehead atoms. The largest absolute Gasteiger partial charge is 0.345 e. The second-order valence-corrected chi connectivity index (χ2v) is 5.65. The van der Waals surface area contributed by atoms with Crippen LogP contribution in [0.1, 0.15) is 21.6 Å². The van der Waals surface area contributed by atoms with Crippen molar-refractivity contribution in [3.8, 4) is 11.1 Å². The summed E-state index contributed by atoms with van der Waals surface area (Å²) < 4.78 is 0. The van der Waals surface area contributed by atoms with E-state index in [1.165, 1.54) is 6.08 Å². The fourth-order valence-electron chi connectivity index (χ4n) is 2.50. The number of aromatic amines is 1. The molecule has 0 saturated heterocycles. The van der Waals surface area contributed by atoms with Gasteiger partial charge in [0.15, 0.2) is 11.6 Å². The molecule has 0 fully saturated rings. The monoisotopic (exact) mass is 317 g/mol. The van der Waals surface area contributed by atoms with Crippen molar-refractivity contribution < 1.29 is 4.79 Å². The van der Waals surface area contributed by atoms with Gasteiger partial charge in [0.05, 0.1) is 0 Å². The molecule has 3 aromatic rings. The van der Waals surface area contributed by atoms with Crippen molar-refractivity contribution in [1.82, 2.24) is 10.2 Å². The summed E-state index contributed by atoms with van der Waals surface area (Å²) >= 11 is 0. The third-order valence-electron chi connectivity index (χ3n) is 3.80. The normalized spacial score (nSPS) is 10.9. The topological polar surface area (TPSA) is 57.8 Å². The molecule has 24 heavy (non-hydrogen) atoms. The van der Waals surface area contributed by atoms with Gasteiger partial charge < -0.3 is 5.32 Å². The number of H-pyrrole nitrogens is 1. The first kappa shape index (κ1) is 15.7. The molecular weight excluding hydrogens is 298 g/mol. The van der Waals surface area contributed by atoms with E-state index in [9.17, 15) is 4.79 Å². The molecule has 2 aromatic carbocycles. The molecule has 2 N–H and O–H groups in total. The summed E-state index contributed by atoms with van der Waals surface area (Å²) in [5.74, 6) is 0.655. The molecule has 0 unspecified atom stereocenters. The molecule has 0 aliphatic carbocycles. The van der Waals surface area contributed by atoms with Crippen molar-refractivity contribution in [3.63, 3.8) is 0 Å². The maximum atomic E-state index is 12.2. The average Bonchev–Trinajstić information content (AvgIpc) is 2.97. The van der Waals surface area contributed by atoms with Crippen LogP contribution in [0, 0.1) is 13.8 Å². The first-order valence-corrected chi connectivity index (χ1v) is 7.79. The van der Waals surface area contributed by atoms with Gasteiger partial charge in [-0.3, -0.25) is 9.89 Å². The highest BCUT2D eigenvalue weighted by Crippen LogP contribution is 2.29. The Balaban J connectivity index is 1.76. The maximum absolute atomic E-state index is 12.2. The van der Waals surface area contributed by atoms with Crippen LogP contribution in [0.25, 0.3) is 11.1 Å². The summed E-state index contributed by atoms with van der Waals surface area (Å²) in [7, 11) is 0. The zero-order valence-electron chi connectivity index (χ0n) is 13.7. The number of carbonyl (C=O) groups excluding carboxylic acids is 1. The molecule has 1 heterocycles. The summed E-state index contributed by atoms with van der Waals surface area (Å²) in [6.07, 6.45) is 3.15. The Labute approximate surface area is 141 Å². The molecule has 120 valence electrons. The lowest BCUT2D eigenvalue weighted by molar-refractivity contribution is 0.104. The molecule has 4 nitrogen and oxygen atoms in total. The number of nitrogens with one attached hydrogen (secondary N) is 2. The highest BCUT2D eigenvalue weighted by atomic mass is 16.1. The molecule has 0 saturated carbocycles. The lowest BCUT2D eigenvalue weighted by Crippen LogP contribution is -1.97. The highest BCUT2D eigenvalue weighted by Gasteiger charge is 2.11. The summed E-state index contributed by atoms with van der Waals surface area (Å²) in [5, 5.41) is 10.4. The van der Waals surface area contributed by atoms with Gasteiger partial charge in [-0.2, -0.15) is 5.10 Å². The van der Waals surface area contributed by atoms with Gasteiger partial charge in [0.25, 0.3) is 0 Å². The van der Waals surface area contributed by atoms with Crippen molar-refractivity contribution in [2.75, 3.05) is 5.32 Å².